The minimum absolute atomic E-state index is 0.354. The molecule has 3 heterocycles. The van der Waals surface area contributed by atoms with Crippen LogP contribution in [-0.2, 0) is 0 Å². The molecule has 4 rings (SSSR count). The number of rotatable bonds is 4. The number of likely N-dealkylation sites (tertiary alicyclic amines) is 1. The predicted molar refractivity (Wildman–Crippen MR) is 93.8 cm³/mol. The fourth-order valence-electron chi connectivity index (χ4n) is 4.29. The molecule has 0 unspecified atom stereocenters. The zero-order chi connectivity index (χ0) is 17.3. The van der Waals surface area contributed by atoms with Crippen LogP contribution in [0.1, 0.15) is 56.7 Å². The number of ether oxygens (including phenoxy) is 1. The molecule has 136 valence electrons. The van der Waals surface area contributed by atoms with Crippen LogP contribution >= 0.6 is 0 Å². The van der Waals surface area contributed by atoms with E-state index in [1.54, 1.807) is 13.2 Å². The average molecular weight is 345 g/mol. The van der Waals surface area contributed by atoms with Gasteiger partial charge in [0.05, 0.1) is 12.7 Å². The molecule has 1 saturated carbocycles. The van der Waals surface area contributed by atoms with E-state index in [9.17, 15) is 5.11 Å². The lowest BCUT2D eigenvalue weighted by molar-refractivity contribution is -0.0309. The molecule has 1 saturated heterocycles. The standard InChI is InChI=1S/C18H27N5O2/c1-25-16-6-5-15-19-20-17(23(15)21-16)14-7-11-22(12-8-14)13-18(24)9-3-2-4-10-18/h5-6,14,24H,2-4,7-13H2,1H3. The van der Waals surface area contributed by atoms with Crippen molar-refractivity contribution in [2.45, 2.75) is 56.5 Å². The minimum Gasteiger partial charge on any atom is -0.480 e. The Kier molecular flexibility index (Phi) is 4.60. The van der Waals surface area contributed by atoms with E-state index < -0.39 is 5.60 Å². The van der Waals surface area contributed by atoms with E-state index in [1.165, 1.54) is 6.42 Å². The summed E-state index contributed by atoms with van der Waals surface area (Å²) < 4.78 is 7.04. The van der Waals surface area contributed by atoms with Crippen LogP contribution in [0.15, 0.2) is 12.1 Å². The Morgan fingerprint density at radius 1 is 1.16 bits per heavy atom. The van der Waals surface area contributed by atoms with E-state index in [-0.39, 0.29) is 0 Å². The molecule has 0 spiro atoms. The normalized spacial score (nSPS) is 22.3. The lowest BCUT2D eigenvalue weighted by atomic mass is 9.84. The molecule has 1 N–H and O–H groups in total. The zero-order valence-electron chi connectivity index (χ0n) is 14.9. The molecule has 0 radical (unpaired) electrons. The van der Waals surface area contributed by atoms with Gasteiger partial charge in [-0.2, -0.15) is 4.52 Å². The van der Waals surface area contributed by atoms with Gasteiger partial charge in [0.1, 0.15) is 0 Å². The molecule has 2 aromatic heterocycles. The molecule has 0 amide bonds. The number of methoxy groups -OCH3 is 1. The van der Waals surface area contributed by atoms with Gasteiger partial charge in [-0.1, -0.05) is 19.3 Å². The summed E-state index contributed by atoms with van der Waals surface area (Å²) in [5.74, 6) is 1.85. The van der Waals surface area contributed by atoms with Gasteiger partial charge in [0.15, 0.2) is 11.5 Å². The van der Waals surface area contributed by atoms with Gasteiger partial charge in [0, 0.05) is 18.5 Å². The lowest BCUT2D eigenvalue weighted by Gasteiger charge is -2.39. The van der Waals surface area contributed by atoms with Crippen LogP contribution in [0.2, 0.25) is 0 Å². The smallest absolute Gasteiger partial charge is 0.231 e. The van der Waals surface area contributed by atoms with E-state index >= 15 is 0 Å². The van der Waals surface area contributed by atoms with Crippen LogP contribution in [0.3, 0.4) is 0 Å². The second kappa shape index (κ2) is 6.88. The highest BCUT2D eigenvalue weighted by Crippen LogP contribution is 2.32. The Hall–Kier alpha value is -1.73. The number of piperidine rings is 1. The molecule has 0 bridgehead atoms. The fraction of sp³-hybridized carbons (Fsp3) is 0.722. The number of hydrogen-bond donors (Lipinski definition) is 1. The maximum Gasteiger partial charge on any atom is 0.231 e. The van der Waals surface area contributed by atoms with Crippen molar-refractivity contribution in [1.29, 1.82) is 0 Å². The van der Waals surface area contributed by atoms with Crippen molar-refractivity contribution in [3.63, 3.8) is 0 Å². The van der Waals surface area contributed by atoms with Crippen LogP contribution < -0.4 is 4.74 Å². The molecule has 2 aromatic rings. The van der Waals surface area contributed by atoms with Crippen molar-refractivity contribution in [2.75, 3.05) is 26.7 Å². The number of nitrogens with zero attached hydrogens (tertiary/aromatic N) is 5. The van der Waals surface area contributed by atoms with Gasteiger partial charge in [-0.15, -0.1) is 15.3 Å². The lowest BCUT2D eigenvalue weighted by Crippen LogP contribution is -2.47. The van der Waals surface area contributed by atoms with Crippen LogP contribution in [-0.4, -0.2) is 62.2 Å². The third-order valence-electron chi connectivity index (χ3n) is 5.73. The maximum atomic E-state index is 10.8. The summed E-state index contributed by atoms with van der Waals surface area (Å²) >= 11 is 0. The number of β-amino-alcohol motifs (C(OH)–C–C–N with tert-alkyl or cyclic N) is 1. The van der Waals surface area contributed by atoms with Crippen molar-refractivity contribution in [2.24, 2.45) is 0 Å². The minimum atomic E-state index is -0.471. The van der Waals surface area contributed by atoms with E-state index in [0.717, 1.165) is 69.6 Å². The topological polar surface area (TPSA) is 75.8 Å². The Morgan fingerprint density at radius 2 is 1.92 bits per heavy atom. The highest BCUT2D eigenvalue weighted by molar-refractivity contribution is 5.38. The summed E-state index contributed by atoms with van der Waals surface area (Å²) in [5.41, 5.74) is 0.288. The predicted octanol–water partition coefficient (Wildman–Crippen LogP) is 2.01. The summed E-state index contributed by atoms with van der Waals surface area (Å²) in [4.78, 5) is 2.42. The zero-order valence-corrected chi connectivity index (χ0v) is 14.9. The van der Waals surface area contributed by atoms with Crippen LogP contribution in [0.25, 0.3) is 5.65 Å². The Labute approximate surface area is 148 Å². The molecule has 25 heavy (non-hydrogen) atoms. The van der Waals surface area contributed by atoms with Crippen molar-refractivity contribution in [3.05, 3.63) is 18.0 Å². The molecular formula is C18H27N5O2. The molecule has 7 nitrogen and oxygen atoms in total. The summed E-state index contributed by atoms with van der Waals surface area (Å²) in [5, 5.41) is 23.9. The molecule has 2 fully saturated rings. The molecule has 0 aromatic carbocycles. The molecule has 7 heteroatoms. The van der Waals surface area contributed by atoms with Gasteiger partial charge in [0.2, 0.25) is 5.88 Å². The highest BCUT2D eigenvalue weighted by Gasteiger charge is 2.33. The SMILES string of the molecule is COc1ccc2nnc(C3CCN(CC4(O)CCCCC4)CC3)n2n1. The first-order valence-corrected chi connectivity index (χ1v) is 9.38. The molecular weight excluding hydrogens is 318 g/mol. The summed E-state index contributed by atoms with van der Waals surface area (Å²) in [7, 11) is 1.62. The first-order chi connectivity index (χ1) is 12.2. The van der Waals surface area contributed by atoms with E-state index in [4.69, 9.17) is 4.74 Å². The molecule has 1 aliphatic carbocycles. The van der Waals surface area contributed by atoms with Gasteiger partial charge >= 0.3 is 0 Å². The highest BCUT2D eigenvalue weighted by atomic mass is 16.5. The van der Waals surface area contributed by atoms with Crippen molar-refractivity contribution in [3.8, 4) is 5.88 Å². The van der Waals surface area contributed by atoms with Crippen molar-refractivity contribution >= 4 is 5.65 Å². The fourth-order valence-corrected chi connectivity index (χ4v) is 4.29. The van der Waals surface area contributed by atoms with Gasteiger partial charge < -0.3 is 14.7 Å². The first-order valence-electron chi connectivity index (χ1n) is 9.38. The Morgan fingerprint density at radius 3 is 2.64 bits per heavy atom. The van der Waals surface area contributed by atoms with E-state index in [2.05, 4.69) is 20.2 Å². The van der Waals surface area contributed by atoms with Gasteiger partial charge in [-0.3, -0.25) is 0 Å². The van der Waals surface area contributed by atoms with Crippen LogP contribution in [0, 0.1) is 0 Å². The molecule has 2 aliphatic rings. The van der Waals surface area contributed by atoms with Gasteiger partial charge in [0.25, 0.3) is 0 Å². The third-order valence-corrected chi connectivity index (χ3v) is 5.73. The number of aromatic nitrogens is 4. The van der Waals surface area contributed by atoms with Gasteiger partial charge in [-0.25, -0.2) is 0 Å². The third kappa shape index (κ3) is 3.48. The van der Waals surface area contributed by atoms with Crippen LogP contribution in [0.4, 0.5) is 0 Å². The maximum absolute atomic E-state index is 10.8. The molecule has 1 aliphatic heterocycles. The summed E-state index contributed by atoms with van der Waals surface area (Å²) in [6.45, 7) is 2.80. The quantitative estimate of drug-likeness (QED) is 0.913. The number of hydrogen-bond acceptors (Lipinski definition) is 6. The van der Waals surface area contributed by atoms with Crippen LogP contribution in [0.5, 0.6) is 5.88 Å². The largest absolute Gasteiger partial charge is 0.480 e. The summed E-state index contributed by atoms with van der Waals surface area (Å²) in [6.07, 6.45) is 7.53. The van der Waals surface area contributed by atoms with Crippen molar-refractivity contribution in [1.82, 2.24) is 24.7 Å². The first kappa shape index (κ1) is 16.7. The number of aliphatic hydroxyl groups is 1. The second-order valence-corrected chi connectivity index (χ2v) is 7.54. The Bertz CT molecular complexity index is 717. The van der Waals surface area contributed by atoms with Gasteiger partial charge in [-0.05, 0) is 44.8 Å². The van der Waals surface area contributed by atoms with E-state index in [1.807, 2.05) is 10.6 Å². The Balaban J connectivity index is 1.42. The monoisotopic (exact) mass is 345 g/mol. The number of fused-ring (bicyclic) bond motifs is 1. The van der Waals surface area contributed by atoms with E-state index in [0.29, 0.717) is 11.8 Å². The second-order valence-electron chi connectivity index (χ2n) is 7.54. The average Bonchev–Trinajstić information content (AvgIpc) is 3.05. The molecule has 0 atom stereocenters. The summed E-state index contributed by atoms with van der Waals surface area (Å²) in [6, 6.07) is 3.69. The van der Waals surface area contributed by atoms with Crippen molar-refractivity contribution < 1.29 is 9.84 Å².